The van der Waals surface area contributed by atoms with Crippen LogP contribution in [0.25, 0.3) is 0 Å². The summed E-state index contributed by atoms with van der Waals surface area (Å²) in [6, 6.07) is 13.1. The molecule has 0 aliphatic carbocycles. The van der Waals surface area contributed by atoms with Crippen LogP contribution in [0.3, 0.4) is 0 Å². The van der Waals surface area contributed by atoms with E-state index in [1.54, 1.807) is 36.8 Å². The molecule has 5 nitrogen and oxygen atoms in total. The van der Waals surface area contributed by atoms with Crippen LogP contribution in [0.2, 0.25) is 0 Å². The minimum atomic E-state index is -0.156. The molecule has 0 aliphatic rings. The molecule has 0 bridgehead atoms. The topological polar surface area (TPSA) is 56.1 Å². The van der Waals surface area contributed by atoms with E-state index in [1.807, 2.05) is 46.6 Å². The van der Waals surface area contributed by atoms with Gasteiger partial charge in [-0.05, 0) is 29.6 Å². The Bertz CT molecular complexity index is 720. The zero-order valence-corrected chi connectivity index (χ0v) is 13.5. The fourth-order valence-corrected chi connectivity index (χ4v) is 3.21. The van der Waals surface area contributed by atoms with Gasteiger partial charge in [0.05, 0.1) is 12.7 Å². The lowest BCUT2D eigenvalue weighted by molar-refractivity contribution is 0.0946. The Balaban J connectivity index is 1.76. The Kier molecular flexibility index (Phi) is 4.73. The van der Waals surface area contributed by atoms with Crippen LogP contribution in [-0.4, -0.2) is 29.3 Å². The highest BCUT2D eigenvalue weighted by molar-refractivity contribution is 7.10. The van der Waals surface area contributed by atoms with Gasteiger partial charge >= 0.3 is 0 Å². The maximum absolute atomic E-state index is 12.5. The number of thiophene rings is 1. The van der Waals surface area contributed by atoms with Crippen LogP contribution in [0, 0.1) is 0 Å². The van der Waals surface area contributed by atoms with E-state index in [0.29, 0.717) is 17.9 Å². The van der Waals surface area contributed by atoms with Crippen molar-refractivity contribution in [2.45, 2.75) is 6.04 Å². The Morgan fingerprint density at radius 1 is 1.30 bits per heavy atom. The summed E-state index contributed by atoms with van der Waals surface area (Å²) in [7, 11) is 1.56. The molecule has 1 amide bonds. The summed E-state index contributed by atoms with van der Waals surface area (Å²) < 4.78 is 7.10. The number of carbonyl (C=O) groups excluding carboxylic acids is 1. The lowest BCUT2D eigenvalue weighted by atomic mass is 10.1. The van der Waals surface area contributed by atoms with E-state index in [0.717, 1.165) is 4.88 Å². The molecule has 1 aromatic carbocycles. The van der Waals surface area contributed by atoms with E-state index in [1.165, 1.54) is 0 Å². The first-order valence-electron chi connectivity index (χ1n) is 7.23. The first-order chi connectivity index (χ1) is 11.3. The summed E-state index contributed by atoms with van der Waals surface area (Å²) in [5.74, 6) is 0.410. The van der Waals surface area contributed by atoms with E-state index >= 15 is 0 Å². The van der Waals surface area contributed by atoms with Crippen LogP contribution in [0.5, 0.6) is 5.75 Å². The summed E-state index contributed by atoms with van der Waals surface area (Å²) in [4.78, 5) is 13.6. The Labute approximate surface area is 138 Å². The van der Waals surface area contributed by atoms with E-state index in [4.69, 9.17) is 4.74 Å². The van der Waals surface area contributed by atoms with Crippen LogP contribution >= 0.6 is 11.3 Å². The number of nitrogens with one attached hydrogen (secondary N) is 1. The second kappa shape index (κ2) is 7.11. The lowest BCUT2D eigenvalue weighted by Gasteiger charge is -2.17. The van der Waals surface area contributed by atoms with Gasteiger partial charge in [-0.2, -0.15) is 5.10 Å². The average Bonchev–Trinajstić information content (AvgIpc) is 3.29. The highest BCUT2D eigenvalue weighted by Crippen LogP contribution is 2.22. The summed E-state index contributed by atoms with van der Waals surface area (Å²) in [5.41, 5.74) is 0.528. The van der Waals surface area contributed by atoms with Crippen LogP contribution < -0.4 is 10.1 Å². The quantitative estimate of drug-likeness (QED) is 0.757. The maximum atomic E-state index is 12.5. The van der Waals surface area contributed by atoms with E-state index in [-0.39, 0.29) is 11.9 Å². The highest BCUT2D eigenvalue weighted by Gasteiger charge is 2.18. The number of carbonyl (C=O) groups is 1. The summed E-state index contributed by atoms with van der Waals surface area (Å²) in [6.07, 6.45) is 3.64. The number of amides is 1. The number of para-hydroxylation sites is 1. The van der Waals surface area contributed by atoms with Crippen LogP contribution in [-0.2, 0) is 0 Å². The van der Waals surface area contributed by atoms with Crippen molar-refractivity contribution in [3.63, 3.8) is 0 Å². The summed E-state index contributed by atoms with van der Waals surface area (Å²) >= 11 is 1.65. The van der Waals surface area contributed by atoms with E-state index in [2.05, 4.69) is 10.4 Å². The van der Waals surface area contributed by atoms with Gasteiger partial charge in [0, 0.05) is 23.8 Å². The lowest BCUT2D eigenvalue weighted by Crippen LogP contribution is -2.31. The number of ether oxygens (including phenoxy) is 1. The van der Waals surface area contributed by atoms with Gasteiger partial charge in [0.2, 0.25) is 0 Å². The number of nitrogens with zero attached hydrogens (tertiary/aromatic N) is 2. The van der Waals surface area contributed by atoms with Gasteiger partial charge in [-0.3, -0.25) is 9.48 Å². The van der Waals surface area contributed by atoms with Crippen LogP contribution in [0.4, 0.5) is 0 Å². The van der Waals surface area contributed by atoms with Gasteiger partial charge in [-0.1, -0.05) is 18.2 Å². The molecule has 6 heteroatoms. The predicted octanol–water partition coefficient (Wildman–Crippen LogP) is 2.97. The molecule has 0 saturated carbocycles. The Hall–Kier alpha value is -2.60. The summed E-state index contributed by atoms with van der Waals surface area (Å²) in [6.45, 7) is 0.457. The number of hydrogen-bond donors (Lipinski definition) is 1. The van der Waals surface area contributed by atoms with Crippen molar-refractivity contribution in [2.75, 3.05) is 13.7 Å². The smallest absolute Gasteiger partial charge is 0.255 e. The number of benzene rings is 1. The van der Waals surface area contributed by atoms with Gasteiger partial charge in [-0.25, -0.2) is 0 Å². The fraction of sp³-hybridized carbons (Fsp3) is 0.176. The molecule has 3 aromatic rings. The Morgan fingerprint density at radius 3 is 2.87 bits per heavy atom. The fourth-order valence-electron chi connectivity index (χ4n) is 2.39. The number of rotatable bonds is 6. The molecule has 1 unspecified atom stereocenters. The van der Waals surface area contributed by atoms with Crippen molar-refractivity contribution < 1.29 is 9.53 Å². The third kappa shape index (κ3) is 3.43. The number of aromatic nitrogens is 2. The van der Waals surface area contributed by atoms with Crippen LogP contribution in [0.1, 0.15) is 21.3 Å². The maximum Gasteiger partial charge on any atom is 0.255 e. The molecule has 0 aliphatic heterocycles. The molecule has 23 heavy (non-hydrogen) atoms. The molecule has 0 radical (unpaired) electrons. The third-order valence-corrected chi connectivity index (χ3v) is 4.50. The molecule has 0 fully saturated rings. The molecule has 0 saturated heterocycles. The van der Waals surface area contributed by atoms with Gasteiger partial charge in [0.1, 0.15) is 11.8 Å². The molecular formula is C17H17N3O2S. The molecular weight excluding hydrogens is 310 g/mol. The molecule has 0 spiro atoms. The standard InChI is InChI=1S/C17H17N3O2S/c1-22-15-7-3-2-6-13(15)17(21)18-12-14(16-8-4-11-23-16)20-10-5-9-19-20/h2-11,14H,12H2,1H3,(H,18,21). The summed E-state index contributed by atoms with van der Waals surface area (Å²) in [5, 5.41) is 9.30. The van der Waals surface area contributed by atoms with E-state index < -0.39 is 0 Å². The molecule has 2 aromatic heterocycles. The zero-order chi connectivity index (χ0) is 16.1. The molecule has 118 valence electrons. The molecule has 1 atom stereocenters. The zero-order valence-electron chi connectivity index (χ0n) is 12.7. The second-order valence-electron chi connectivity index (χ2n) is 4.93. The first-order valence-corrected chi connectivity index (χ1v) is 8.11. The largest absolute Gasteiger partial charge is 0.496 e. The van der Waals surface area contributed by atoms with Crippen LogP contribution in [0.15, 0.2) is 60.2 Å². The second-order valence-corrected chi connectivity index (χ2v) is 5.91. The average molecular weight is 327 g/mol. The number of hydrogen-bond acceptors (Lipinski definition) is 4. The monoisotopic (exact) mass is 327 g/mol. The van der Waals surface area contributed by atoms with Crippen molar-refractivity contribution in [3.05, 3.63) is 70.7 Å². The van der Waals surface area contributed by atoms with Gasteiger partial charge in [0.15, 0.2) is 0 Å². The molecule has 1 N–H and O–H groups in total. The van der Waals surface area contributed by atoms with Crippen molar-refractivity contribution >= 4 is 17.2 Å². The van der Waals surface area contributed by atoms with Gasteiger partial charge in [-0.15, -0.1) is 11.3 Å². The van der Waals surface area contributed by atoms with Gasteiger partial charge in [0.25, 0.3) is 5.91 Å². The molecule has 2 heterocycles. The first kappa shape index (κ1) is 15.3. The van der Waals surface area contributed by atoms with Gasteiger partial charge < -0.3 is 10.1 Å². The third-order valence-electron chi connectivity index (χ3n) is 3.52. The molecule has 3 rings (SSSR count). The normalized spacial score (nSPS) is 11.9. The van der Waals surface area contributed by atoms with Crippen molar-refractivity contribution in [3.8, 4) is 5.75 Å². The SMILES string of the molecule is COc1ccccc1C(=O)NCC(c1cccs1)n1cccn1. The number of methoxy groups -OCH3 is 1. The van der Waals surface area contributed by atoms with Crippen molar-refractivity contribution in [2.24, 2.45) is 0 Å². The minimum Gasteiger partial charge on any atom is -0.496 e. The Morgan fingerprint density at radius 2 is 2.17 bits per heavy atom. The van der Waals surface area contributed by atoms with Crippen molar-refractivity contribution in [1.82, 2.24) is 15.1 Å². The highest BCUT2D eigenvalue weighted by atomic mass is 32.1. The predicted molar refractivity (Wildman–Crippen MR) is 90.0 cm³/mol. The van der Waals surface area contributed by atoms with E-state index in [9.17, 15) is 4.79 Å². The minimum absolute atomic E-state index is 0.0244. The van der Waals surface area contributed by atoms with Crippen molar-refractivity contribution in [1.29, 1.82) is 0 Å².